The highest BCUT2D eigenvalue weighted by Crippen LogP contribution is 2.27. The number of aryl methyl sites for hydroxylation is 1. The first-order valence-electron chi connectivity index (χ1n) is 7.88. The quantitative estimate of drug-likeness (QED) is 0.937. The summed E-state index contributed by atoms with van der Waals surface area (Å²) in [5.41, 5.74) is 1.59. The van der Waals surface area contributed by atoms with Crippen molar-refractivity contribution in [2.24, 2.45) is 0 Å². The van der Waals surface area contributed by atoms with Crippen LogP contribution < -0.4 is 15.0 Å². The molecule has 124 valence electrons. The van der Waals surface area contributed by atoms with Crippen LogP contribution in [0, 0.1) is 6.92 Å². The summed E-state index contributed by atoms with van der Waals surface area (Å²) in [6.45, 7) is 3.78. The zero-order valence-electron chi connectivity index (χ0n) is 13.7. The van der Waals surface area contributed by atoms with Crippen LogP contribution in [0.1, 0.15) is 18.9 Å². The van der Waals surface area contributed by atoms with Crippen molar-refractivity contribution in [2.45, 2.75) is 26.4 Å². The minimum absolute atomic E-state index is 0.0590. The summed E-state index contributed by atoms with van der Waals surface area (Å²) in [6.07, 6.45) is 1.42. The summed E-state index contributed by atoms with van der Waals surface area (Å²) < 4.78 is 5.86. The monoisotopic (exact) mass is 325 g/mol. The molecule has 0 radical (unpaired) electrons. The van der Waals surface area contributed by atoms with Crippen LogP contribution in [-0.2, 0) is 9.59 Å². The van der Waals surface area contributed by atoms with Gasteiger partial charge < -0.3 is 10.1 Å². The van der Waals surface area contributed by atoms with Gasteiger partial charge in [-0.3, -0.25) is 14.5 Å². The van der Waals surface area contributed by atoms with Gasteiger partial charge in [0.05, 0.1) is 5.69 Å². The molecule has 1 N–H and O–H groups in total. The SMILES string of the molecule is CCC(Oc1cccc(C)c1)C(=O)N1CC(=O)Nc2cccnc21. The van der Waals surface area contributed by atoms with Crippen molar-refractivity contribution in [3.63, 3.8) is 0 Å². The van der Waals surface area contributed by atoms with E-state index in [1.54, 1.807) is 18.3 Å². The Morgan fingerprint density at radius 2 is 2.21 bits per heavy atom. The molecule has 0 bridgehead atoms. The Hall–Kier alpha value is -2.89. The Morgan fingerprint density at radius 3 is 2.96 bits per heavy atom. The fraction of sp³-hybridized carbons (Fsp3) is 0.278. The van der Waals surface area contributed by atoms with Gasteiger partial charge in [0.15, 0.2) is 11.9 Å². The van der Waals surface area contributed by atoms with Gasteiger partial charge in [-0.05, 0) is 43.2 Å². The van der Waals surface area contributed by atoms with Gasteiger partial charge in [0.2, 0.25) is 5.91 Å². The van der Waals surface area contributed by atoms with E-state index in [4.69, 9.17) is 4.74 Å². The van der Waals surface area contributed by atoms with E-state index >= 15 is 0 Å². The van der Waals surface area contributed by atoms with Gasteiger partial charge in [0, 0.05) is 6.20 Å². The molecule has 0 saturated carbocycles. The van der Waals surface area contributed by atoms with Crippen LogP contribution in [0.4, 0.5) is 11.5 Å². The Bertz CT molecular complexity index is 776. The molecular formula is C18H19N3O3. The number of rotatable bonds is 4. The van der Waals surface area contributed by atoms with Gasteiger partial charge in [0.1, 0.15) is 12.3 Å². The van der Waals surface area contributed by atoms with Crippen LogP contribution in [0.25, 0.3) is 0 Å². The summed E-state index contributed by atoms with van der Waals surface area (Å²) in [4.78, 5) is 30.4. The Balaban J connectivity index is 1.85. The van der Waals surface area contributed by atoms with Crippen molar-refractivity contribution in [3.8, 4) is 5.75 Å². The fourth-order valence-corrected chi connectivity index (χ4v) is 2.64. The first kappa shape index (κ1) is 16.0. The minimum Gasteiger partial charge on any atom is -0.481 e. The highest BCUT2D eigenvalue weighted by atomic mass is 16.5. The number of carbonyl (C=O) groups excluding carboxylic acids is 2. The van der Waals surface area contributed by atoms with E-state index in [2.05, 4.69) is 10.3 Å². The number of aromatic nitrogens is 1. The number of anilines is 2. The average molecular weight is 325 g/mol. The maximum Gasteiger partial charge on any atom is 0.269 e. The van der Waals surface area contributed by atoms with Crippen LogP contribution in [0.5, 0.6) is 5.75 Å². The van der Waals surface area contributed by atoms with Crippen molar-refractivity contribution < 1.29 is 14.3 Å². The van der Waals surface area contributed by atoms with Gasteiger partial charge in [-0.2, -0.15) is 0 Å². The largest absolute Gasteiger partial charge is 0.481 e. The third kappa shape index (κ3) is 3.22. The summed E-state index contributed by atoms with van der Waals surface area (Å²) >= 11 is 0. The van der Waals surface area contributed by atoms with Crippen molar-refractivity contribution in [1.29, 1.82) is 0 Å². The second kappa shape index (κ2) is 6.70. The fourth-order valence-electron chi connectivity index (χ4n) is 2.64. The minimum atomic E-state index is -0.674. The van der Waals surface area contributed by atoms with E-state index in [1.165, 1.54) is 4.90 Å². The lowest BCUT2D eigenvalue weighted by Gasteiger charge is -2.30. The van der Waals surface area contributed by atoms with Gasteiger partial charge in [-0.15, -0.1) is 0 Å². The first-order valence-corrected chi connectivity index (χ1v) is 7.88. The number of benzene rings is 1. The lowest BCUT2D eigenvalue weighted by Crippen LogP contribution is -2.48. The summed E-state index contributed by atoms with van der Waals surface area (Å²) in [5, 5.41) is 2.72. The van der Waals surface area contributed by atoms with Crippen molar-refractivity contribution >= 4 is 23.3 Å². The number of hydrogen-bond acceptors (Lipinski definition) is 4. The van der Waals surface area contributed by atoms with Crippen LogP contribution in [0.3, 0.4) is 0 Å². The molecule has 1 unspecified atom stereocenters. The van der Waals surface area contributed by atoms with Crippen molar-refractivity contribution in [1.82, 2.24) is 4.98 Å². The molecule has 6 nitrogen and oxygen atoms in total. The molecular weight excluding hydrogens is 306 g/mol. The lowest BCUT2D eigenvalue weighted by molar-refractivity contribution is -0.127. The van der Waals surface area contributed by atoms with Gasteiger partial charge in [0.25, 0.3) is 5.91 Å². The maximum absolute atomic E-state index is 12.9. The molecule has 1 aromatic carbocycles. The van der Waals surface area contributed by atoms with Crippen LogP contribution in [-0.4, -0.2) is 29.4 Å². The topological polar surface area (TPSA) is 71.5 Å². The second-order valence-corrected chi connectivity index (χ2v) is 5.68. The third-order valence-corrected chi connectivity index (χ3v) is 3.80. The molecule has 0 aliphatic carbocycles. The number of amides is 2. The van der Waals surface area contributed by atoms with E-state index in [-0.39, 0.29) is 18.4 Å². The van der Waals surface area contributed by atoms with E-state index in [1.807, 2.05) is 38.1 Å². The molecule has 0 spiro atoms. The maximum atomic E-state index is 12.9. The summed E-state index contributed by atoms with van der Waals surface area (Å²) in [6, 6.07) is 11.0. The lowest BCUT2D eigenvalue weighted by atomic mass is 10.2. The number of ether oxygens (including phenoxy) is 1. The first-order chi connectivity index (χ1) is 11.6. The predicted octanol–water partition coefficient (Wildman–Crippen LogP) is 2.53. The Kier molecular flexibility index (Phi) is 4.46. The molecule has 0 saturated heterocycles. The molecule has 24 heavy (non-hydrogen) atoms. The molecule has 2 amide bonds. The highest BCUT2D eigenvalue weighted by Gasteiger charge is 2.32. The molecule has 1 aromatic heterocycles. The molecule has 1 aliphatic rings. The number of carbonyl (C=O) groups is 2. The zero-order valence-corrected chi connectivity index (χ0v) is 13.7. The van der Waals surface area contributed by atoms with E-state index in [0.29, 0.717) is 23.7 Å². The molecule has 6 heteroatoms. The third-order valence-electron chi connectivity index (χ3n) is 3.80. The summed E-state index contributed by atoms with van der Waals surface area (Å²) in [7, 11) is 0. The highest BCUT2D eigenvalue weighted by molar-refractivity contribution is 6.10. The smallest absolute Gasteiger partial charge is 0.269 e. The van der Waals surface area contributed by atoms with Crippen molar-refractivity contribution in [3.05, 3.63) is 48.2 Å². The number of nitrogens with one attached hydrogen (secondary N) is 1. The molecule has 2 heterocycles. The van der Waals surface area contributed by atoms with E-state index < -0.39 is 6.10 Å². The number of nitrogens with zero attached hydrogens (tertiary/aromatic N) is 2. The van der Waals surface area contributed by atoms with Crippen LogP contribution in [0.2, 0.25) is 0 Å². The van der Waals surface area contributed by atoms with E-state index in [9.17, 15) is 9.59 Å². The van der Waals surface area contributed by atoms with Crippen molar-refractivity contribution in [2.75, 3.05) is 16.8 Å². The zero-order chi connectivity index (χ0) is 17.1. The Morgan fingerprint density at radius 1 is 1.38 bits per heavy atom. The standard InChI is InChI=1S/C18H19N3O3/c1-3-15(24-13-7-4-6-12(2)10-13)18(23)21-11-16(22)20-14-8-5-9-19-17(14)21/h4-10,15H,3,11H2,1-2H3,(H,20,22). The molecule has 0 fully saturated rings. The van der Waals surface area contributed by atoms with Crippen LogP contribution in [0.15, 0.2) is 42.6 Å². The normalized spacial score (nSPS) is 14.6. The van der Waals surface area contributed by atoms with Gasteiger partial charge in [-0.1, -0.05) is 19.1 Å². The average Bonchev–Trinajstić information content (AvgIpc) is 2.58. The van der Waals surface area contributed by atoms with E-state index in [0.717, 1.165) is 5.56 Å². The van der Waals surface area contributed by atoms with Gasteiger partial charge in [-0.25, -0.2) is 4.98 Å². The molecule has 1 aliphatic heterocycles. The number of fused-ring (bicyclic) bond motifs is 1. The van der Waals surface area contributed by atoms with Gasteiger partial charge >= 0.3 is 0 Å². The molecule has 3 rings (SSSR count). The number of pyridine rings is 1. The summed E-state index contributed by atoms with van der Waals surface area (Å²) in [5.74, 6) is 0.578. The second-order valence-electron chi connectivity index (χ2n) is 5.68. The predicted molar refractivity (Wildman–Crippen MR) is 91.1 cm³/mol. The number of hydrogen-bond donors (Lipinski definition) is 1. The van der Waals surface area contributed by atoms with Crippen LogP contribution >= 0.6 is 0 Å². The molecule has 1 atom stereocenters. The Labute approximate surface area is 140 Å². The molecule has 2 aromatic rings.